The van der Waals surface area contributed by atoms with Gasteiger partial charge in [0.15, 0.2) is 0 Å². The molecule has 1 amide bonds. The highest BCUT2D eigenvalue weighted by atomic mass is 16.5. The third-order valence-electron chi connectivity index (χ3n) is 4.97. The Morgan fingerprint density at radius 3 is 2.57 bits per heavy atom. The van der Waals surface area contributed by atoms with E-state index in [-0.39, 0.29) is 17.9 Å². The summed E-state index contributed by atoms with van der Waals surface area (Å²) in [5, 5.41) is 13.2. The molecule has 1 aromatic rings. The number of carbonyl (C=O) groups excluding carboxylic acids is 1. The van der Waals surface area contributed by atoms with E-state index in [2.05, 4.69) is 5.32 Å². The first-order chi connectivity index (χ1) is 10.8. The van der Waals surface area contributed by atoms with Crippen LogP contribution in [0.25, 0.3) is 0 Å². The summed E-state index contributed by atoms with van der Waals surface area (Å²) in [6.07, 6.45) is 3.23. The van der Waals surface area contributed by atoms with Crippen molar-refractivity contribution in [3.8, 4) is 5.75 Å². The Bertz CT molecular complexity index is 542. The average Bonchev–Trinajstić information content (AvgIpc) is 3.02. The summed E-state index contributed by atoms with van der Waals surface area (Å²) in [6.45, 7) is 6.19. The molecule has 1 fully saturated rings. The van der Waals surface area contributed by atoms with Crippen LogP contribution >= 0.6 is 0 Å². The van der Waals surface area contributed by atoms with Gasteiger partial charge in [-0.1, -0.05) is 45.7 Å². The molecule has 2 N–H and O–H groups in total. The highest BCUT2D eigenvalue weighted by Crippen LogP contribution is 2.42. The lowest BCUT2D eigenvalue weighted by molar-refractivity contribution is -0.127. The SMILES string of the molecule is COc1cccc(C2(C(=O)NCC(O)C(C)(C)C)CCCC2)c1. The molecule has 1 unspecified atom stereocenters. The smallest absolute Gasteiger partial charge is 0.230 e. The van der Waals surface area contributed by atoms with E-state index in [9.17, 15) is 9.90 Å². The van der Waals surface area contributed by atoms with E-state index in [1.165, 1.54) is 0 Å². The first-order valence-electron chi connectivity index (χ1n) is 8.40. The molecule has 4 heteroatoms. The van der Waals surface area contributed by atoms with Crippen molar-refractivity contribution in [3.63, 3.8) is 0 Å². The zero-order valence-corrected chi connectivity index (χ0v) is 14.7. The van der Waals surface area contributed by atoms with Gasteiger partial charge in [-0.25, -0.2) is 0 Å². The first kappa shape index (κ1) is 17.8. The van der Waals surface area contributed by atoms with Crippen LogP contribution in [0.4, 0.5) is 0 Å². The second-order valence-electron chi connectivity index (χ2n) is 7.61. The standard InChI is InChI=1S/C19H29NO3/c1-18(2,3)16(21)13-20-17(22)19(10-5-6-11-19)14-8-7-9-15(12-14)23-4/h7-9,12,16,21H,5-6,10-11,13H2,1-4H3,(H,20,22). The van der Waals surface area contributed by atoms with E-state index in [1.54, 1.807) is 7.11 Å². The van der Waals surface area contributed by atoms with Gasteiger partial charge in [0, 0.05) is 6.54 Å². The Labute approximate surface area is 139 Å². The maximum absolute atomic E-state index is 12.9. The van der Waals surface area contributed by atoms with Crippen molar-refractivity contribution in [2.75, 3.05) is 13.7 Å². The minimum atomic E-state index is -0.560. The number of methoxy groups -OCH3 is 1. The number of hydrogen-bond donors (Lipinski definition) is 2. The van der Waals surface area contributed by atoms with Crippen molar-refractivity contribution in [1.29, 1.82) is 0 Å². The number of amides is 1. The number of hydrogen-bond acceptors (Lipinski definition) is 3. The fourth-order valence-electron chi connectivity index (χ4n) is 3.21. The Morgan fingerprint density at radius 1 is 1.35 bits per heavy atom. The Kier molecular flexibility index (Phi) is 5.35. The quantitative estimate of drug-likeness (QED) is 0.877. The molecule has 1 aliphatic carbocycles. The molecule has 1 atom stereocenters. The molecule has 1 aromatic carbocycles. The third kappa shape index (κ3) is 3.86. The number of ether oxygens (including phenoxy) is 1. The molecule has 0 bridgehead atoms. The molecule has 0 aromatic heterocycles. The summed E-state index contributed by atoms with van der Waals surface area (Å²) < 4.78 is 5.31. The normalized spacial score (nSPS) is 18.5. The van der Waals surface area contributed by atoms with Crippen LogP contribution in [0.2, 0.25) is 0 Å². The zero-order valence-electron chi connectivity index (χ0n) is 14.7. The fourth-order valence-corrected chi connectivity index (χ4v) is 3.21. The van der Waals surface area contributed by atoms with Gasteiger partial charge in [-0.2, -0.15) is 0 Å². The van der Waals surface area contributed by atoms with Crippen molar-refractivity contribution in [2.24, 2.45) is 5.41 Å². The van der Waals surface area contributed by atoms with E-state index in [1.807, 2.05) is 45.0 Å². The molecule has 4 nitrogen and oxygen atoms in total. The largest absolute Gasteiger partial charge is 0.497 e. The maximum Gasteiger partial charge on any atom is 0.230 e. The van der Waals surface area contributed by atoms with Crippen LogP contribution < -0.4 is 10.1 Å². The lowest BCUT2D eigenvalue weighted by atomic mass is 9.77. The van der Waals surface area contributed by atoms with E-state index in [0.717, 1.165) is 37.0 Å². The van der Waals surface area contributed by atoms with Crippen LogP contribution in [0, 0.1) is 5.41 Å². The van der Waals surface area contributed by atoms with Gasteiger partial charge in [0.2, 0.25) is 5.91 Å². The lowest BCUT2D eigenvalue weighted by Crippen LogP contribution is -2.47. The first-order valence-corrected chi connectivity index (χ1v) is 8.40. The van der Waals surface area contributed by atoms with Gasteiger partial charge in [0.05, 0.1) is 18.6 Å². The highest BCUT2D eigenvalue weighted by Gasteiger charge is 2.43. The monoisotopic (exact) mass is 319 g/mol. The van der Waals surface area contributed by atoms with E-state index in [0.29, 0.717) is 0 Å². The number of aliphatic hydroxyl groups is 1. The van der Waals surface area contributed by atoms with Crippen molar-refractivity contribution in [2.45, 2.75) is 58.0 Å². The van der Waals surface area contributed by atoms with Gasteiger partial charge >= 0.3 is 0 Å². The molecule has 128 valence electrons. The molecule has 0 aliphatic heterocycles. The van der Waals surface area contributed by atoms with Gasteiger partial charge in [-0.05, 0) is 36.0 Å². The Hall–Kier alpha value is -1.55. The molecule has 1 aliphatic rings. The topological polar surface area (TPSA) is 58.6 Å². The van der Waals surface area contributed by atoms with Crippen LogP contribution in [0.5, 0.6) is 5.75 Å². The van der Waals surface area contributed by atoms with Crippen LogP contribution in [0.1, 0.15) is 52.0 Å². The molecule has 23 heavy (non-hydrogen) atoms. The predicted octanol–water partition coefficient (Wildman–Crippen LogP) is 3.03. The molecule has 1 saturated carbocycles. The number of carbonyl (C=O) groups is 1. The number of aliphatic hydroxyl groups excluding tert-OH is 1. The molecule has 0 heterocycles. The summed E-state index contributed by atoms with van der Waals surface area (Å²) in [5.74, 6) is 0.794. The van der Waals surface area contributed by atoms with Crippen molar-refractivity contribution in [3.05, 3.63) is 29.8 Å². The number of nitrogens with one attached hydrogen (secondary N) is 1. The van der Waals surface area contributed by atoms with Crippen LogP contribution in [0.15, 0.2) is 24.3 Å². The Morgan fingerprint density at radius 2 is 2.00 bits per heavy atom. The molecule has 0 radical (unpaired) electrons. The highest BCUT2D eigenvalue weighted by molar-refractivity contribution is 5.88. The van der Waals surface area contributed by atoms with Gasteiger partial charge < -0.3 is 15.2 Å². The third-order valence-corrected chi connectivity index (χ3v) is 4.97. The summed E-state index contributed by atoms with van der Waals surface area (Å²) >= 11 is 0. The molecule has 0 spiro atoms. The predicted molar refractivity (Wildman–Crippen MR) is 91.6 cm³/mol. The van der Waals surface area contributed by atoms with Crippen molar-refractivity contribution < 1.29 is 14.6 Å². The summed E-state index contributed by atoms with van der Waals surface area (Å²) in [6, 6.07) is 7.80. The van der Waals surface area contributed by atoms with E-state index < -0.39 is 11.5 Å². The summed E-state index contributed by atoms with van der Waals surface area (Å²) in [5.41, 5.74) is 0.273. The van der Waals surface area contributed by atoms with Gasteiger partial charge in [-0.15, -0.1) is 0 Å². The van der Waals surface area contributed by atoms with Crippen LogP contribution in [-0.2, 0) is 10.2 Å². The second kappa shape index (κ2) is 6.91. The average molecular weight is 319 g/mol. The number of rotatable bonds is 5. The summed E-state index contributed by atoms with van der Waals surface area (Å²) in [7, 11) is 1.64. The van der Waals surface area contributed by atoms with Crippen molar-refractivity contribution in [1.82, 2.24) is 5.32 Å². The molecular formula is C19H29NO3. The zero-order chi connectivity index (χ0) is 17.1. The maximum atomic E-state index is 12.9. The van der Waals surface area contributed by atoms with Crippen LogP contribution in [-0.4, -0.2) is 30.8 Å². The summed E-state index contributed by atoms with van der Waals surface area (Å²) in [4.78, 5) is 12.9. The number of benzene rings is 1. The van der Waals surface area contributed by atoms with Gasteiger partial charge in [0.1, 0.15) is 5.75 Å². The minimum absolute atomic E-state index is 0.0200. The van der Waals surface area contributed by atoms with E-state index >= 15 is 0 Å². The van der Waals surface area contributed by atoms with Crippen LogP contribution in [0.3, 0.4) is 0 Å². The fraction of sp³-hybridized carbons (Fsp3) is 0.632. The van der Waals surface area contributed by atoms with E-state index in [4.69, 9.17) is 4.74 Å². The van der Waals surface area contributed by atoms with Gasteiger partial charge in [0.25, 0.3) is 0 Å². The molecule has 0 saturated heterocycles. The van der Waals surface area contributed by atoms with Crippen molar-refractivity contribution >= 4 is 5.91 Å². The van der Waals surface area contributed by atoms with Gasteiger partial charge in [-0.3, -0.25) is 4.79 Å². The molecular weight excluding hydrogens is 290 g/mol. The second-order valence-corrected chi connectivity index (χ2v) is 7.61. The Balaban J connectivity index is 2.18. The lowest BCUT2D eigenvalue weighted by Gasteiger charge is -2.31. The molecule has 2 rings (SSSR count). The minimum Gasteiger partial charge on any atom is -0.497 e.